The minimum atomic E-state index is 0.0616. The average Bonchev–Trinajstić information content (AvgIpc) is 2.41. The molecular weight excluding hydrogens is 222 g/mol. The SMILES string of the molecule is Cc1ccc(C)c(C(=O)c2cccc(CN)c2)c1. The number of aryl methyl sites for hydroxylation is 2. The predicted octanol–water partition coefficient (Wildman–Crippen LogP) is 2.99. The first-order valence-corrected chi connectivity index (χ1v) is 6.03. The van der Waals surface area contributed by atoms with Crippen LogP contribution in [0, 0.1) is 13.8 Å². The molecule has 2 heteroatoms. The Balaban J connectivity index is 2.44. The Bertz CT molecular complexity index is 587. The van der Waals surface area contributed by atoms with Crippen molar-refractivity contribution in [2.24, 2.45) is 5.73 Å². The van der Waals surface area contributed by atoms with Gasteiger partial charge in [-0.2, -0.15) is 0 Å². The molecule has 0 bridgehead atoms. The highest BCUT2D eigenvalue weighted by Crippen LogP contribution is 2.16. The smallest absolute Gasteiger partial charge is 0.193 e. The minimum absolute atomic E-state index is 0.0616. The van der Waals surface area contributed by atoms with Gasteiger partial charge < -0.3 is 5.73 Å². The molecule has 92 valence electrons. The van der Waals surface area contributed by atoms with E-state index in [1.807, 2.05) is 56.3 Å². The van der Waals surface area contributed by atoms with Crippen molar-refractivity contribution in [1.29, 1.82) is 0 Å². The van der Waals surface area contributed by atoms with Gasteiger partial charge >= 0.3 is 0 Å². The van der Waals surface area contributed by atoms with Crippen LogP contribution >= 0.6 is 0 Å². The fourth-order valence-corrected chi connectivity index (χ4v) is 1.98. The molecule has 0 amide bonds. The summed E-state index contributed by atoms with van der Waals surface area (Å²) in [4.78, 5) is 12.4. The van der Waals surface area contributed by atoms with Crippen LogP contribution in [0.3, 0.4) is 0 Å². The monoisotopic (exact) mass is 239 g/mol. The Morgan fingerprint density at radius 2 is 1.89 bits per heavy atom. The molecule has 2 nitrogen and oxygen atoms in total. The Hall–Kier alpha value is -1.93. The maximum Gasteiger partial charge on any atom is 0.193 e. The first-order valence-electron chi connectivity index (χ1n) is 6.03. The Kier molecular flexibility index (Phi) is 3.58. The first-order chi connectivity index (χ1) is 8.61. The summed E-state index contributed by atoms with van der Waals surface area (Å²) in [5.41, 5.74) is 10.1. The topological polar surface area (TPSA) is 43.1 Å². The van der Waals surface area contributed by atoms with Crippen LogP contribution < -0.4 is 5.73 Å². The third-order valence-electron chi connectivity index (χ3n) is 3.06. The second-order valence-corrected chi connectivity index (χ2v) is 4.55. The molecule has 2 aromatic rings. The zero-order chi connectivity index (χ0) is 13.1. The molecule has 0 aliphatic heterocycles. The maximum atomic E-state index is 12.4. The molecule has 0 saturated carbocycles. The lowest BCUT2D eigenvalue weighted by atomic mass is 9.96. The molecular formula is C16H17NO. The van der Waals surface area contributed by atoms with E-state index in [0.717, 1.165) is 22.3 Å². The van der Waals surface area contributed by atoms with Crippen LogP contribution in [0.15, 0.2) is 42.5 Å². The molecule has 0 aromatic heterocycles. The fourth-order valence-electron chi connectivity index (χ4n) is 1.98. The molecule has 0 spiro atoms. The van der Waals surface area contributed by atoms with Crippen LogP contribution in [0.2, 0.25) is 0 Å². The number of carbonyl (C=O) groups excluding carboxylic acids is 1. The van der Waals surface area contributed by atoms with E-state index in [2.05, 4.69) is 0 Å². The zero-order valence-electron chi connectivity index (χ0n) is 10.7. The fraction of sp³-hybridized carbons (Fsp3) is 0.188. The molecule has 0 aliphatic carbocycles. The average molecular weight is 239 g/mol. The van der Waals surface area contributed by atoms with Gasteiger partial charge in [-0.15, -0.1) is 0 Å². The molecule has 2 rings (SSSR count). The molecule has 0 heterocycles. The van der Waals surface area contributed by atoms with Gasteiger partial charge in [0.15, 0.2) is 5.78 Å². The van der Waals surface area contributed by atoms with Crippen molar-refractivity contribution in [2.45, 2.75) is 20.4 Å². The van der Waals surface area contributed by atoms with Crippen LogP contribution in [0.5, 0.6) is 0 Å². The lowest BCUT2D eigenvalue weighted by Crippen LogP contribution is -2.06. The van der Waals surface area contributed by atoms with Gasteiger partial charge in [-0.25, -0.2) is 0 Å². The van der Waals surface area contributed by atoms with Gasteiger partial charge in [-0.1, -0.05) is 35.9 Å². The predicted molar refractivity (Wildman–Crippen MR) is 73.7 cm³/mol. The van der Waals surface area contributed by atoms with Gasteiger partial charge in [0.2, 0.25) is 0 Å². The maximum absolute atomic E-state index is 12.4. The van der Waals surface area contributed by atoms with E-state index in [4.69, 9.17) is 5.73 Å². The molecule has 0 radical (unpaired) electrons. The summed E-state index contributed by atoms with van der Waals surface area (Å²) < 4.78 is 0. The number of hydrogen-bond donors (Lipinski definition) is 1. The first kappa shape index (κ1) is 12.5. The van der Waals surface area contributed by atoms with Crippen molar-refractivity contribution in [2.75, 3.05) is 0 Å². The highest BCUT2D eigenvalue weighted by molar-refractivity contribution is 6.10. The van der Waals surface area contributed by atoms with Crippen molar-refractivity contribution in [3.8, 4) is 0 Å². The Morgan fingerprint density at radius 1 is 1.11 bits per heavy atom. The van der Waals surface area contributed by atoms with Crippen molar-refractivity contribution in [1.82, 2.24) is 0 Å². The summed E-state index contributed by atoms with van der Waals surface area (Å²) in [5.74, 6) is 0.0616. The second kappa shape index (κ2) is 5.15. The van der Waals surface area contributed by atoms with E-state index in [-0.39, 0.29) is 5.78 Å². The van der Waals surface area contributed by atoms with Crippen LogP contribution in [0.25, 0.3) is 0 Å². The van der Waals surface area contributed by atoms with Crippen LogP contribution in [0.4, 0.5) is 0 Å². The molecule has 18 heavy (non-hydrogen) atoms. The van der Waals surface area contributed by atoms with Crippen molar-refractivity contribution in [3.05, 3.63) is 70.3 Å². The van der Waals surface area contributed by atoms with Gasteiger partial charge in [0.25, 0.3) is 0 Å². The molecule has 0 aliphatic rings. The van der Waals surface area contributed by atoms with E-state index in [1.165, 1.54) is 0 Å². The van der Waals surface area contributed by atoms with E-state index < -0.39 is 0 Å². The van der Waals surface area contributed by atoms with E-state index in [1.54, 1.807) is 0 Å². The van der Waals surface area contributed by atoms with Crippen LogP contribution in [-0.4, -0.2) is 5.78 Å². The van der Waals surface area contributed by atoms with E-state index >= 15 is 0 Å². The number of ketones is 1. The number of nitrogens with two attached hydrogens (primary N) is 1. The lowest BCUT2D eigenvalue weighted by molar-refractivity contribution is 0.103. The highest BCUT2D eigenvalue weighted by atomic mass is 16.1. The largest absolute Gasteiger partial charge is 0.326 e. The highest BCUT2D eigenvalue weighted by Gasteiger charge is 2.12. The number of rotatable bonds is 3. The Morgan fingerprint density at radius 3 is 2.61 bits per heavy atom. The normalized spacial score (nSPS) is 10.4. The molecule has 2 aromatic carbocycles. The standard InChI is InChI=1S/C16H17NO/c1-11-6-7-12(2)15(8-11)16(18)14-5-3-4-13(9-14)10-17/h3-9H,10,17H2,1-2H3. The summed E-state index contributed by atoms with van der Waals surface area (Å²) in [6.07, 6.45) is 0. The summed E-state index contributed by atoms with van der Waals surface area (Å²) >= 11 is 0. The molecule has 2 N–H and O–H groups in total. The van der Waals surface area contributed by atoms with Gasteiger partial charge in [0, 0.05) is 17.7 Å². The van der Waals surface area contributed by atoms with Gasteiger partial charge in [0.1, 0.15) is 0 Å². The van der Waals surface area contributed by atoms with Crippen molar-refractivity contribution in [3.63, 3.8) is 0 Å². The van der Waals surface area contributed by atoms with E-state index in [0.29, 0.717) is 12.1 Å². The zero-order valence-corrected chi connectivity index (χ0v) is 10.7. The molecule has 0 unspecified atom stereocenters. The second-order valence-electron chi connectivity index (χ2n) is 4.55. The summed E-state index contributed by atoms with van der Waals surface area (Å²) in [6, 6.07) is 13.4. The van der Waals surface area contributed by atoms with Gasteiger partial charge in [0.05, 0.1) is 0 Å². The molecule has 0 fully saturated rings. The number of benzene rings is 2. The van der Waals surface area contributed by atoms with Gasteiger partial charge in [-0.3, -0.25) is 4.79 Å². The summed E-state index contributed by atoms with van der Waals surface area (Å²) in [5, 5.41) is 0. The summed E-state index contributed by atoms with van der Waals surface area (Å²) in [6.45, 7) is 4.40. The Labute approximate surface area is 107 Å². The van der Waals surface area contributed by atoms with Gasteiger partial charge in [-0.05, 0) is 37.1 Å². The minimum Gasteiger partial charge on any atom is -0.326 e. The molecule has 0 atom stereocenters. The van der Waals surface area contributed by atoms with E-state index in [9.17, 15) is 4.79 Å². The quantitative estimate of drug-likeness (QED) is 0.837. The van der Waals surface area contributed by atoms with Crippen molar-refractivity contribution < 1.29 is 4.79 Å². The lowest BCUT2D eigenvalue weighted by Gasteiger charge is -2.07. The molecule has 0 saturated heterocycles. The van der Waals surface area contributed by atoms with Crippen LogP contribution in [-0.2, 0) is 6.54 Å². The van der Waals surface area contributed by atoms with Crippen molar-refractivity contribution >= 4 is 5.78 Å². The summed E-state index contributed by atoms with van der Waals surface area (Å²) in [7, 11) is 0. The number of hydrogen-bond acceptors (Lipinski definition) is 2. The third kappa shape index (κ3) is 2.49. The van der Waals surface area contributed by atoms with Crippen LogP contribution in [0.1, 0.15) is 32.6 Å². The number of carbonyl (C=O) groups is 1. The third-order valence-corrected chi connectivity index (χ3v) is 3.06.